The van der Waals surface area contributed by atoms with Crippen molar-refractivity contribution in [1.29, 1.82) is 0 Å². The molecule has 38 heavy (non-hydrogen) atoms. The van der Waals surface area contributed by atoms with Crippen molar-refractivity contribution in [3.05, 3.63) is 0 Å². The van der Waals surface area contributed by atoms with Gasteiger partial charge in [0.1, 0.15) is 6.10 Å². The molecule has 0 aromatic heterocycles. The van der Waals surface area contributed by atoms with Gasteiger partial charge in [0.25, 0.3) is 17.7 Å². The molecule has 1 N–H and O–H groups in total. The Balaban J connectivity index is 2.12. The first-order valence-corrected chi connectivity index (χ1v) is 14.7. The summed E-state index contributed by atoms with van der Waals surface area (Å²) in [5.41, 5.74) is 0. The first-order valence-electron chi connectivity index (χ1n) is 14.7. The van der Waals surface area contributed by atoms with Gasteiger partial charge in [0.05, 0.1) is 39.3 Å². The summed E-state index contributed by atoms with van der Waals surface area (Å²) >= 11 is 0. The summed E-state index contributed by atoms with van der Waals surface area (Å²) in [7, 11) is 0. The van der Waals surface area contributed by atoms with E-state index in [0.29, 0.717) is 45.7 Å². The van der Waals surface area contributed by atoms with Crippen LogP contribution < -0.4 is 0 Å². The van der Waals surface area contributed by atoms with Gasteiger partial charge in [0.2, 0.25) is 0 Å². The molecule has 2 aliphatic rings. The van der Waals surface area contributed by atoms with E-state index >= 15 is 0 Å². The molecule has 0 aliphatic carbocycles. The van der Waals surface area contributed by atoms with Crippen molar-refractivity contribution >= 4 is 11.9 Å². The Labute approximate surface area is 227 Å². The van der Waals surface area contributed by atoms with Gasteiger partial charge in [-0.15, -0.1) is 0 Å². The van der Waals surface area contributed by atoms with Crippen LogP contribution in [0.4, 0.5) is 0 Å². The summed E-state index contributed by atoms with van der Waals surface area (Å²) < 4.78 is 42.4. The fourth-order valence-electron chi connectivity index (χ4n) is 4.25. The molecule has 0 radical (unpaired) electrons. The topological polar surface area (TPSA) is 119 Å². The number of carbonyl (C=O) groups excluding carboxylic acids is 1. The SMILES string of the molecule is CCCCOC1(OCCCC)CC(C2(OC(=O)CCCCC(=O)O)CC(OCCCC)(OCCCC)O2)O1. The quantitative estimate of drug-likeness (QED) is 0.0977. The van der Waals surface area contributed by atoms with Crippen molar-refractivity contribution in [2.24, 2.45) is 0 Å². The Kier molecular flexibility index (Phi) is 14.5. The highest BCUT2D eigenvalue weighted by molar-refractivity contribution is 5.70. The van der Waals surface area contributed by atoms with Crippen LogP contribution in [-0.4, -0.2) is 67.3 Å². The fraction of sp³-hybridized carbons (Fsp3) is 0.929. The maximum atomic E-state index is 12.8. The number of esters is 1. The average molecular weight is 547 g/mol. The smallest absolute Gasteiger partial charge is 0.308 e. The number of carboxylic acids is 1. The zero-order valence-corrected chi connectivity index (χ0v) is 23.9. The van der Waals surface area contributed by atoms with Gasteiger partial charge in [-0.2, -0.15) is 0 Å². The second-order valence-corrected chi connectivity index (χ2v) is 10.2. The second kappa shape index (κ2) is 16.7. The normalized spacial score (nSPS) is 23.4. The Morgan fingerprint density at radius 2 is 1.16 bits per heavy atom. The van der Waals surface area contributed by atoms with Crippen molar-refractivity contribution in [2.45, 2.75) is 141 Å². The summed E-state index contributed by atoms with van der Waals surface area (Å²) in [6, 6.07) is 0. The lowest BCUT2D eigenvalue weighted by Gasteiger charge is -2.60. The molecule has 2 rings (SSSR count). The van der Waals surface area contributed by atoms with E-state index in [1.807, 2.05) is 0 Å². The monoisotopic (exact) mass is 546 g/mol. The van der Waals surface area contributed by atoms with E-state index in [9.17, 15) is 9.59 Å². The van der Waals surface area contributed by atoms with Crippen molar-refractivity contribution in [1.82, 2.24) is 0 Å². The van der Waals surface area contributed by atoms with Crippen LogP contribution in [0.2, 0.25) is 0 Å². The molecule has 10 nitrogen and oxygen atoms in total. The first-order chi connectivity index (χ1) is 18.3. The molecule has 0 amide bonds. The van der Waals surface area contributed by atoms with Crippen LogP contribution in [0.25, 0.3) is 0 Å². The van der Waals surface area contributed by atoms with Gasteiger partial charge in [-0.05, 0) is 38.5 Å². The lowest BCUT2D eigenvalue weighted by molar-refractivity contribution is -0.577. The van der Waals surface area contributed by atoms with E-state index in [1.54, 1.807) is 0 Å². The largest absolute Gasteiger partial charge is 0.481 e. The highest BCUT2D eigenvalue weighted by Gasteiger charge is 2.71. The van der Waals surface area contributed by atoms with Gasteiger partial charge >= 0.3 is 11.9 Å². The molecule has 2 atom stereocenters. The number of carboxylic acid groups (broad SMARTS) is 1. The van der Waals surface area contributed by atoms with Gasteiger partial charge in [-0.25, -0.2) is 0 Å². The van der Waals surface area contributed by atoms with Crippen LogP contribution in [-0.2, 0) is 42.7 Å². The number of aliphatic carboxylic acids is 1. The van der Waals surface area contributed by atoms with Crippen LogP contribution in [0, 0.1) is 0 Å². The van der Waals surface area contributed by atoms with E-state index < -0.39 is 35.8 Å². The Morgan fingerprint density at radius 3 is 1.58 bits per heavy atom. The maximum Gasteiger partial charge on any atom is 0.308 e. The minimum absolute atomic E-state index is 0.00697. The van der Waals surface area contributed by atoms with E-state index in [0.717, 1.165) is 51.4 Å². The second-order valence-electron chi connectivity index (χ2n) is 10.2. The summed E-state index contributed by atoms with van der Waals surface area (Å²) in [5.74, 6) is -5.26. The molecule has 222 valence electrons. The molecule has 2 unspecified atom stereocenters. The van der Waals surface area contributed by atoms with Crippen molar-refractivity contribution in [3.63, 3.8) is 0 Å². The minimum Gasteiger partial charge on any atom is -0.481 e. The Bertz CT molecular complexity index is 661. The standard InChI is InChI=1S/C28H50O10/c1-5-9-17-32-27(33-18-10-6-2)21-23(36-27)26(37-25(31)16-14-13-15-24(29)30)22-28(38-26,34-19-11-7-3)35-20-12-8-4/h23H,5-22H2,1-4H3,(H,29,30). The van der Waals surface area contributed by atoms with Crippen LogP contribution in [0.3, 0.4) is 0 Å². The molecule has 0 aromatic carbocycles. The molecule has 0 aromatic rings. The molecule has 0 spiro atoms. The van der Waals surface area contributed by atoms with Crippen molar-refractivity contribution < 1.29 is 47.9 Å². The number of hydrogen-bond donors (Lipinski definition) is 1. The summed E-state index contributed by atoms with van der Waals surface area (Å²) in [6.07, 6.45) is 8.09. The van der Waals surface area contributed by atoms with Crippen molar-refractivity contribution in [3.8, 4) is 0 Å². The summed E-state index contributed by atoms with van der Waals surface area (Å²) in [6.45, 7) is 10.2. The van der Waals surface area contributed by atoms with Crippen molar-refractivity contribution in [2.75, 3.05) is 26.4 Å². The van der Waals surface area contributed by atoms with E-state index in [4.69, 9.17) is 38.3 Å². The lowest BCUT2D eigenvalue weighted by Crippen LogP contribution is -2.75. The molecule has 2 saturated heterocycles. The number of rotatable bonds is 23. The van der Waals surface area contributed by atoms with Gasteiger partial charge in [0, 0.05) is 12.8 Å². The third kappa shape index (κ3) is 10.0. The predicted octanol–water partition coefficient (Wildman–Crippen LogP) is 5.65. The van der Waals surface area contributed by atoms with Crippen LogP contribution in [0.1, 0.15) is 118 Å². The molecule has 2 aliphatic heterocycles. The van der Waals surface area contributed by atoms with Gasteiger partial charge in [0.15, 0.2) is 0 Å². The van der Waals surface area contributed by atoms with E-state index in [1.165, 1.54) is 0 Å². The summed E-state index contributed by atoms with van der Waals surface area (Å²) in [5, 5.41) is 8.86. The average Bonchev–Trinajstić information content (AvgIpc) is 2.83. The van der Waals surface area contributed by atoms with Crippen LogP contribution in [0.15, 0.2) is 0 Å². The summed E-state index contributed by atoms with van der Waals surface area (Å²) in [4.78, 5) is 23.6. The molecule has 0 bridgehead atoms. The van der Waals surface area contributed by atoms with Crippen LogP contribution >= 0.6 is 0 Å². The lowest BCUT2D eigenvalue weighted by atomic mass is 9.90. The molecular formula is C28H50O10. The van der Waals surface area contributed by atoms with Gasteiger partial charge in [-0.1, -0.05) is 53.4 Å². The third-order valence-corrected chi connectivity index (χ3v) is 6.63. The Morgan fingerprint density at radius 1 is 0.737 bits per heavy atom. The van der Waals surface area contributed by atoms with E-state index in [-0.39, 0.29) is 19.3 Å². The minimum atomic E-state index is -1.39. The number of hydrogen-bond acceptors (Lipinski definition) is 9. The molecule has 2 heterocycles. The first kappa shape index (κ1) is 32.9. The molecule has 10 heteroatoms. The predicted molar refractivity (Wildman–Crippen MR) is 139 cm³/mol. The van der Waals surface area contributed by atoms with Gasteiger partial charge < -0.3 is 33.5 Å². The highest BCUT2D eigenvalue weighted by atomic mass is 17.0. The molecular weight excluding hydrogens is 496 g/mol. The fourth-order valence-corrected chi connectivity index (χ4v) is 4.25. The zero-order valence-electron chi connectivity index (χ0n) is 23.9. The van der Waals surface area contributed by atoms with E-state index in [2.05, 4.69) is 27.7 Å². The molecule has 0 saturated carbocycles. The van der Waals surface area contributed by atoms with Crippen LogP contribution in [0.5, 0.6) is 0 Å². The Hall–Kier alpha value is -1.30. The molecule has 2 fully saturated rings. The zero-order chi connectivity index (χ0) is 27.9. The number of carbonyl (C=O) groups is 2. The third-order valence-electron chi connectivity index (χ3n) is 6.63. The maximum absolute atomic E-state index is 12.8. The number of unbranched alkanes of at least 4 members (excludes halogenated alkanes) is 5. The number of ether oxygens (including phenoxy) is 7. The highest BCUT2D eigenvalue weighted by Crippen LogP contribution is 2.54. The van der Waals surface area contributed by atoms with Gasteiger partial charge in [-0.3, -0.25) is 14.3 Å².